The van der Waals surface area contributed by atoms with Crippen LogP contribution >= 0.6 is 11.3 Å². The Morgan fingerprint density at radius 2 is 2.18 bits per heavy atom. The number of carbonyl (C=O) groups is 1. The minimum atomic E-state index is 0.281. The van der Waals surface area contributed by atoms with Gasteiger partial charge in [-0.05, 0) is 49.2 Å². The number of Topliss-reactive ketones (excluding diaryl/α,β-unsaturated/α-hetero) is 1. The average molecular weight is 251 g/mol. The lowest BCUT2D eigenvalue weighted by Crippen LogP contribution is -2.38. The van der Waals surface area contributed by atoms with Crippen LogP contribution in [0.2, 0.25) is 0 Å². The second-order valence-corrected chi connectivity index (χ2v) is 6.21. The molecule has 1 aromatic heterocycles. The Balaban J connectivity index is 1.80. The molecule has 1 aliphatic heterocycles. The van der Waals surface area contributed by atoms with Crippen LogP contribution in [0.25, 0.3) is 0 Å². The van der Waals surface area contributed by atoms with Gasteiger partial charge in [-0.25, -0.2) is 0 Å². The number of nitrogens with zero attached hydrogens (tertiary/aromatic N) is 1. The summed E-state index contributed by atoms with van der Waals surface area (Å²) in [6.45, 7) is 7.37. The van der Waals surface area contributed by atoms with Gasteiger partial charge in [0.05, 0.1) is 11.4 Å². The van der Waals surface area contributed by atoms with Gasteiger partial charge in [0.2, 0.25) is 0 Å². The average Bonchev–Trinajstić information content (AvgIpc) is 2.83. The maximum atomic E-state index is 12.0. The summed E-state index contributed by atoms with van der Waals surface area (Å²) in [4.78, 5) is 15.2. The van der Waals surface area contributed by atoms with Crippen molar-refractivity contribution in [1.29, 1.82) is 0 Å². The minimum Gasteiger partial charge on any atom is -0.296 e. The summed E-state index contributed by atoms with van der Waals surface area (Å²) in [5, 5.41) is 1.97. The molecule has 1 aliphatic rings. The molecule has 0 aromatic carbocycles. The van der Waals surface area contributed by atoms with Gasteiger partial charge in [-0.3, -0.25) is 9.69 Å². The van der Waals surface area contributed by atoms with Gasteiger partial charge in [0.25, 0.3) is 0 Å². The highest BCUT2D eigenvalue weighted by molar-refractivity contribution is 7.12. The molecule has 17 heavy (non-hydrogen) atoms. The van der Waals surface area contributed by atoms with Crippen LogP contribution in [0.1, 0.15) is 36.4 Å². The van der Waals surface area contributed by atoms with Crippen molar-refractivity contribution in [3.8, 4) is 0 Å². The van der Waals surface area contributed by atoms with Gasteiger partial charge in [0, 0.05) is 0 Å². The Bertz CT molecular complexity index is 350. The zero-order chi connectivity index (χ0) is 12.3. The molecule has 0 N–H and O–H groups in total. The molecule has 2 rings (SSSR count). The van der Waals surface area contributed by atoms with Gasteiger partial charge >= 0.3 is 0 Å². The van der Waals surface area contributed by atoms with Crippen molar-refractivity contribution in [2.24, 2.45) is 11.8 Å². The van der Waals surface area contributed by atoms with E-state index in [1.807, 2.05) is 17.5 Å². The molecule has 0 saturated carbocycles. The van der Waals surface area contributed by atoms with E-state index >= 15 is 0 Å². The van der Waals surface area contributed by atoms with Crippen LogP contribution in [-0.4, -0.2) is 30.3 Å². The molecule has 2 heterocycles. The SMILES string of the molecule is CC(C)C1CCN(CC(=O)c2cccs2)CC1. The molecule has 0 spiro atoms. The first kappa shape index (κ1) is 12.8. The van der Waals surface area contributed by atoms with Gasteiger partial charge in [-0.1, -0.05) is 19.9 Å². The maximum absolute atomic E-state index is 12.0. The van der Waals surface area contributed by atoms with Gasteiger partial charge in [-0.15, -0.1) is 11.3 Å². The molecule has 0 aliphatic carbocycles. The Kier molecular flexibility index (Phi) is 4.35. The van der Waals surface area contributed by atoms with E-state index in [9.17, 15) is 4.79 Å². The minimum absolute atomic E-state index is 0.281. The van der Waals surface area contributed by atoms with E-state index in [0.29, 0.717) is 6.54 Å². The highest BCUT2D eigenvalue weighted by atomic mass is 32.1. The third-order valence-corrected chi connectivity index (χ3v) is 4.65. The zero-order valence-corrected chi connectivity index (χ0v) is 11.5. The summed E-state index contributed by atoms with van der Waals surface area (Å²) >= 11 is 1.55. The molecule has 1 saturated heterocycles. The van der Waals surface area contributed by atoms with E-state index in [1.54, 1.807) is 11.3 Å². The van der Waals surface area contributed by atoms with E-state index < -0.39 is 0 Å². The molecule has 1 aromatic rings. The van der Waals surface area contributed by atoms with Crippen LogP contribution in [0.5, 0.6) is 0 Å². The van der Waals surface area contributed by atoms with Crippen LogP contribution in [0, 0.1) is 11.8 Å². The molecular formula is C14H21NOS. The van der Waals surface area contributed by atoms with Crippen molar-refractivity contribution < 1.29 is 4.79 Å². The topological polar surface area (TPSA) is 20.3 Å². The first-order valence-electron chi connectivity index (χ1n) is 6.46. The van der Waals surface area contributed by atoms with E-state index in [-0.39, 0.29) is 5.78 Å². The lowest BCUT2D eigenvalue weighted by atomic mass is 9.87. The number of rotatable bonds is 4. The zero-order valence-electron chi connectivity index (χ0n) is 10.7. The quantitative estimate of drug-likeness (QED) is 0.765. The summed E-state index contributed by atoms with van der Waals surface area (Å²) in [6.07, 6.45) is 2.49. The Labute approximate surface area is 108 Å². The van der Waals surface area contributed by atoms with Crippen molar-refractivity contribution in [3.05, 3.63) is 22.4 Å². The summed E-state index contributed by atoms with van der Waals surface area (Å²) in [6, 6.07) is 3.87. The predicted octanol–water partition coefficient (Wildman–Crippen LogP) is 3.30. The van der Waals surface area contributed by atoms with Crippen LogP contribution in [0.4, 0.5) is 0 Å². The first-order valence-corrected chi connectivity index (χ1v) is 7.34. The summed E-state index contributed by atoms with van der Waals surface area (Å²) in [5.41, 5.74) is 0. The third-order valence-electron chi connectivity index (χ3n) is 3.74. The number of likely N-dealkylation sites (tertiary alicyclic amines) is 1. The Hall–Kier alpha value is -0.670. The van der Waals surface area contributed by atoms with Crippen molar-refractivity contribution in [3.63, 3.8) is 0 Å². The van der Waals surface area contributed by atoms with Crippen molar-refractivity contribution in [2.45, 2.75) is 26.7 Å². The summed E-state index contributed by atoms with van der Waals surface area (Å²) in [5.74, 6) is 1.91. The maximum Gasteiger partial charge on any atom is 0.186 e. The fourth-order valence-electron chi connectivity index (χ4n) is 2.50. The molecule has 0 bridgehead atoms. The Morgan fingerprint density at radius 1 is 1.47 bits per heavy atom. The molecule has 2 nitrogen and oxygen atoms in total. The largest absolute Gasteiger partial charge is 0.296 e. The second-order valence-electron chi connectivity index (χ2n) is 5.26. The van der Waals surface area contributed by atoms with Crippen LogP contribution in [-0.2, 0) is 0 Å². The lowest BCUT2D eigenvalue weighted by molar-refractivity contribution is 0.0884. The third kappa shape index (κ3) is 3.39. The Morgan fingerprint density at radius 3 is 2.71 bits per heavy atom. The highest BCUT2D eigenvalue weighted by Crippen LogP contribution is 2.24. The summed E-state index contributed by atoms with van der Waals surface area (Å²) < 4.78 is 0. The second kappa shape index (κ2) is 5.78. The van der Waals surface area contributed by atoms with E-state index in [2.05, 4.69) is 18.7 Å². The lowest BCUT2D eigenvalue weighted by Gasteiger charge is -2.33. The smallest absolute Gasteiger partial charge is 0.186 e. The standard InChI is InChI=1S/C14H21NOS/c1-11(2)12-5-7-15(8-6-12)10-13(16)14-4-3-9-17-14/h3-4,9,11-12H,5-8,10H2,1-2H3. The molecule has 3 heteroatoms. The first-order chi connectivity index (χ1) is 8.16. The molecule has 1 fully saturated rings. The van der Waals surface area contributed by atoms with Crippen molar-refractivity contribution >= 4 is 17.1 Å². The predicted molar refractivity (Wildman–Crippen MR) is 72.7 cm³/mol. The van der Waals surface area contributed by atoms with Crippen molar-refractivity contribution in [2.75, 3.05) is 19.6 Å². The highest BCUT2D eigenvalue weighted by Gasteiger charge is 2.23. The number of hydrogen-bond donors (Lipinski definition) is 0. The number of hydrogen-bond acceptors (Lipinski definition) is 3. The molecular weight excluding hydrogens is 230 g/mol. The van der Waals surface area contributed by atoms with E-state index in [1.165, 1.54) is 12.8 Å². The van der Waals surface area contributed by atoms with Gasteiger partial charge in [-0.2, -0.15) is 0 Å². The monoisotopic (exact) mass is 251 g/mol. The van der Waals surface area contributed by atoms with Gasteiger partial charge in [0.15, 0.2) is 5.78 Å². The van der Waals surface area contributed by atoms with Gasteiger partial charge < -0.3 is 0 Å². The van der Waals surface area contributed by atoms with Crippen LogP contribution in [0.15, 0.2) is 17.5 Å². The van der Waals surface area contributed by atoms with Crippen LogP contribution in [0.3, 0.4) is 0 Å². The van der Waals surface area contributed by atoms with E-state index in [0.717, 1.165) is 29.8 Å². The number of piperidine rings is 1. The molecule has 0 radical (unpaired) electrons. The van der Waals surface area contributed by atoms with Crippen LogP contribution < -0.4 is 0 Å². The normalized spacial score (nSPS) is 18.8. The van der Waals surface area contributed by atoms with Crippen molar-refractivity contribution in [1.82, 2.24) is 4.90 Å². The number of ketones is 1. The fourth-order valence-corrected chi connectivity index (χ4v) is 3.15. The molecule has 0 atom stereocenters. The van der Waals surface area contributed by atoms with Gasteiger partial charge in [0.1, 0.15) is 0 Å². The molecule has 94 valence electrons. The molecule has 0 amide bonds. The van der Waals surface area contributed by atoms with E-state index in [4.69, 9.17) is 0 Å². The molecule has 0 unspecified atom stereocenters. The summed E-state index contributed by atoms with van der Waals surface area (Å²) in [7, 11) is 0. The number of carbonyl (C=O) groups excluding carboxylic acids is 1. The number of thiophene rings is 1. The fraction of sp³-hybridized carbons (Fsp3) is 0.643.